The molecule has 1 aromatic heterocycles. The standard InChI is InChI=1S/C16H21N3OS/c1-3-9-17-14-6-4-13(5-7-14)16(20)18-10-8-15-19-12(2)11-21-15/h4-7,11,17H,3,8-10H2,1-2H3,(H,18,20). The van der Waals surface area contributed by atoms with E-state index in [4.69, 9.17) is 0 Å². The van der Waals surface area contributed by atoms with Gasteiger partial charge in [-0.2, -0.15) is 0 Å². The zero-order chi connectivity index (χ0) is 15.1. The first-order valence-electron chi connectivity index (χ1n) is 7.22. The van der Waals surface area contributed by atoms with Gasteiger partial charge in [-0.15, -0.1) is 11.3 Å². The van der Waals surface area contributed by atoms with Gasteiger partial charge in [-0.3, -0.25) is 4.79 Å². The molecule has 0 unspecified atom stereocenters. The Bertz CT molecular complexity index is 577. The third-order valence-corrected chi connectivity index (χ3v) is 4.04. The number of aryl methyl sites for hydroxylation is 1. The lowest BCUT2D eigenvalue weighted by Gasteiger charge is -2.07. The van der Waals surface area contributed by atoms with Crippen LogP contribution in [0.15, 0.2) is 29.6 Å². The van der Waals surface area contributed by atoms with Gasteiger partial charge in [-0.05, 0) is 37.6 Å². The molecule has 21 heavy (non-hydrogen) atoms. The monoisotopic (exact) mass is 303 g/mol. The third-order valence-electron chi connectivity index (χ3n) is 3.02. The fourth-order valence-electron chi connectivity index (χ4n) is 1.91. The van der Waals surface area contributed by atoms with E-state index in [1.54, 1.807) is 11.3 Å². The Hall–Kier alpha value is -1.88. The van der Waals surface area contributed by atoms with E-state index in [0.717, 1.165) is 35.8 Å². The molecule has 2 rings (SSSR count). The van der Waals surface area contributed by atoms with Crippen LogP contribution in [0.4, 0.5) is 5.69 Å². The van der Waals surface area contributed by atoms with Crippen LogP contribution in [0, 0.1) is 6.92 Å². The lowest BCUT2D eigenvalue weighted by molar-refractivity contribution is 0.0954. The molecular formula is C16H21N3OS. The minimum absolute atomic E-state index is 0.0367. The van der Waals surface area contributed by atoms with Gasteiger partial charge in [0.2, 0.25) is 0 Å². The number of aromatic nitrogens is 1. The van der Waals surface area contributed by atoms with Crippen molar-refractivity contribution >= 4 is 22.9 Å². The summed E-state index contributed by atoms with van der Waals surface area (Å²) >= 11 is 1.64. The molecule has 0 atom stereocenters. The Morgan fingerprint density at radius 3 is 2.62 bits per heavy atom. The van der Waals surface area contributed by atoms with Crippen LogP contribution in [0.1, 0.15) is 34.4 Å². The average Bonchev–Trinajstić information content (AvgIpc) is 2.91. The van der Waals surface area contributed by atoms with Crippen LogP contribution in [0.3, 0.4) is 0 Å². The topological polar surface area (TPSA) is 54.0 Å². The van der Waals surface area contributed by atoms with Crippen molar-refractivity contribution in [2.45, 2.75) is 26.7 Å². The summed E-state index contributed by atoms with van der Waals surface area (Å²) in [6.07, 6.45) is 1.86. The lowest BCUT2D eigenvalue weighted by atomic mass is 10.2. The lowest BCUT2D eigenvalue weighted by Crippen LogP contribution is -2.25. The highest BCUT2D eigenvalue weighted by Gasteiger charge is 2.05. The number of carbonyl (C=O) groups excluding carboxylic acids is 1. The normalized spacial score (nSPS) is 10.4. The number of benzene rings is 1. The number of anilines is 1. The first-order valence-corrected chi connectivity index (χ1v) is 8.10. The molecule has 0 bridgehead atoms. The highest BCUT2D eigenvalue weighted by molar-refractivity contribution is 7.09. The highest BCUT2D eigenvalue weighted by Crippen LogP contribution is 2.10. The molecule has 2 aromatic rings. The minimum atomic E-state index is -0.0367. The minimum Gasteiger partial charge on any atom is -0.385 e. The maximum atomic E-state index is 12.0. The van der Waals surface area contributed by atoms with E-state index < -0.39 is 0 Å². The van der Waals surface area contributed by atoms with Gasteiger partial charge >= 0.3 is 0 Å². The van der Waals surface area contributed by atoms with E-state index in [-0.39, 0.29) is 5.91 Å². The van der Waals surface area contributed by atoms with Crippen molar-refractivity contribution in [1.29, 1.82) is 0 Å². The predicted molar refractivity (Wildman–Crippen MR) is 88.1 cm³/mol. The third kappa shape index (κ3) is 4.86. The molecule has 0 fully saturated rings. The number of nitrogens with one attached hydrogen (secondary N) is 2. The number of rotatable bonds is 7. The van der Waals surface area contributed by atoms with Gasteiger partial charge in [0.1, 0.15) is 0 Å². The van der Waals surface area contributed by atoms with Crippen molar-refractivity contribution < 1.29 is 4.79 Å². The van der Waals surface area contributed by atoms with E-state index in [1.165, 1.54) is 0 Å². The number of nitrogens with zero attached hydrogens (tertiary/aromatic N) is 1. The molecule has 0 aliphatic carbocycles. The summed E-state index contributed by atoms with van der Waals surface area (Å²) in [7, 11) is 0. The fraction of sp³-hybridized carbons (Fsp3) is 0.375. The number of hydrogen-bond donors (Lipinski definition) is 2. The summed E-state index contributed by atoms with van der Waals surface area (Å²) in [5.74, 6) is -0.0367. The largest absolute Gasteiger partial charge is 0.385 e. The average molecular weight is 303 g/mol. The van der Waals surface area contributed by atoms with Gasteiger partial charge in [0.25, 0.3) is 5.91 Å². The van der Waals surface area contributed by atoms with Gasteiger partial charge in [-0.1, -0.05) is 6.92 Å². The van der Waals surface area contributed by atoms with E-state index in [9.17, 15) is 4.79 Å². The number of hydrogen-bond acceptors (Lipinski definition) is 4. The predicted octanol–water partition coefficient (Wildman–Crippen LogP) is 3.25. The van der Waals surface area contributed by atoms with E-state index in [2.05, 4.69) is 22.5 Å². The van der Waals surface area contributed by atoms with Crippen LogP contribution >= 0.6 is 11.3 Å². The SMILES string of the molecule is CCCNc1ccc(C(=O)NCCc2nc(C)cs2)cc1. The molecule has 0 radical (unpaired) electrons. The van der Waals surface area contributed by atoms with Crippen molar-refractivity contribution in [1.82, 2.24) is 10.3 Å². The highest BCUT2D eigenvalue weighted by atomic mass is 32.1. The second kappa shape index (κ2) is 7.78. The summed E-state index contributed by atoms with van der Waals surface area (Å²) in [5, 5.41) is 9.30. The molecule has 0 aliphatic heterocycles. The molecule has 0 spiro atoms. The first-order chi connectivity index (χ1) is 10.2. The smallest absolute Gasteiger partial charge is 0.251 e. The second-order valence-electron chi connectivity index (χ2n) is 4.89. The van der Waals surface area contributed by atoms with Crippen molar-refractivity contribution in [3.05, 3.63) is 45.9 Å². The summed E-state index contributed by atoms with van der Waals surface area (Å²) in [4.78, 5) is 16.4. The number of amides is 1. The second-order valence-corrected chi connectivity index (χ2v) is 5.84. The summed E-state index contributed by atoms with van der Waals surface area (Å²) in [5.41, 5.74) is 2.77. The van der Waals surface area contributed by atoms with Crippen molar-refractivity contribution in [2.24, 2.45) is 0 Å². The van der Waals surface area contributed by atoms with Gasteiger partial charge < -0.3 is 10.6 Å². The number of carbonyl (C=O) groups is 1. The van der Waals surface area contributed by atoms with Crippen molar-refractivity contribution in [3.63, 3.8) is 0 Å². The molecule has 0 saturated carbocycles. The van der Waals surface area contributed by atoms with Crippen molar-refractivity contribution in [2.75, 3.05) is 18.4 Å². The quantitative estimate of drug-likeness (QED) is 0.825. The van der Waals surface area contributed by atoms with Crippen LogP contribution in [-0.2, 0) is 6.42 Å². The molecule has 5 heteroatoms. The molecule has 112 valence electrons. The molecular weight excluding hydrogens is 282 g/mol. The van der Waals surface area contributed by atoms with Crippen LogP contribution in [0.5, 0.6) is 0 Å². The summed E-state index contributed by atoms with van der Waals surface area (Å²) < 4.78 is 0. The van der Waals surface area contributed by atoms with Crippen LogP contribution in [-0.4, -0.2) is 24.0 Å². The number of thiazole rings is 1. The molecule has 1 heterocycles. The fourth-order valence-corrected chi connectivity index (χ4v) is 2.69. The first kappa shape index (κ1) is 15.5. The van der Waals surface area contributed by atoms with Crippen LogP contribution in [0.25, 0.3) is 0 Å². The Morgan fingerprint density at radius 2 is 2.00 bits per heavy atom. The van der Waals surface area contributed by atoms with E-state index >= 15 is 0 Å². The van der Waals surface area contributed by atoms with E-state index in [0.29, 0.717) is 12.1 Å². The van der Waals surface area contributed by atoms with Gasteiger partial charge in [0.15, 0.2) is 0 Å². The zero-order valence-electron chi connectivity index (χ0n) is 12.5. The Morgan fingerprint density at radius 1 is 1.24 bits per heavy atom. The van der Waals surface area contributed by atoms with Gasteiger partial charge in [0.05, 0.1) is 5.01 Å². The Kier molecular flexibility index (Phi) is 5.75. The summed E-state index contributed by atoms with van der Waals surface area (Å²) in [6.45, 7) is 5.66. The van der Waals surface area contributed by atoms with Crippen LogP contribution in [0.2, 0.25) is 0 Å². The van der Waals surface area contributed by atoms with Crippen molar-refractivity contribution in [3.8, 4) is 0 Å². The molecule has 4 nitrogen and oxygen atoms in total. The molecule has 1 amide bonds. The Labute approximate surface area is 129 Å². The Balaban J connectivity index is 1.79. The molecule has 0 saturated heterocycles. The van der Waals surface area contributed by atoms with Crippen LogP contribution < -0.4 is 10.6 Å². The molecule has 0 aliphatic rings. The van der Waals surface area contributed by atoms with Gasteiger partial charge in [-0.25, -0.2) is 4.98 Å². The maximum Gasteiger partial charge on any atom is 0.251 e. The molecule has 1 aromatic carbocycles. The van der Waals surface area contributed by atoms with Gasteiger partial charge in [0, 0.05) is 41.8 Å². The maximum absolute atomic E-state index is 12.0. The van der Waals surface area contributed by atoms with E-state index in [1.807, 2.05) is 36.6 Å². The summed E-state index contributed by atoms with van der Waals surface area (Å²) in [6, 6.07) is 7.57. The molecule has 2 N–H and O–H groups in total. The zero-order valence-corrected chi connectivity index (χ0v) is 13.3.